The average molecular weight is 290 g/mol. The van der Waals surface area contributed by atoms with Crippen molar-refractivity contribution in [2.24, 2.45) is 11.1 Å². The smallest absolute Gasteiger partial charge is 0.231 e. The number of aliphatic hydroxyl groups is 1. The molecule has 0 bridgehead atoms. The van der Waals surface area contributed by atoms with Gasteiger partial charge < -0.3 is 16.2 Å². The first-order chi connectivity index (χ1) is 10.2. The molecule has 1 aromatic carbocycles. The highest BCUT2D eigenvalue weighted by Gasteiger charge is 2.37. The second kappa shape index (κ2) is 7.57. The number of amides is 1. The first-order valence-electron chi connectivity index (χ1n) is 7.91. The molecule has 0 atom stereocenters. The van der Waals surface area contributed by atoms with Crippen molar-refractivity contribution in [3.05, 3.63) is 29.8 Å². The SMILES string of the molecule is NCC1(C(=O)Nc2ccc(CCO)cc2)CCCCCC1. The number of anilines is 1. The van der Waals surface area contributed by atoms with Crippen LogP contribution in [0.1, 0.15) is 44.1 Å². The lowest BCUT2D eigenvalue weighted by Crippen LogP contribution is -2.42. The first kappa shape index (κ1) is 16.0. The molecule has 4 heteroatoms. The highest BCUT2D eigenvalue weighted by atomic mass is 16.2. The maximum atomic E-state index is 12.7. The summed E-state index contributed by atoms with van der Waals surface area (Å²) in [6, 6.07) is 7.66. The Balaban J connectivity index is 2.04. The fourth-order valence-electron chi connectivity index (χ4n) is 3.08. The first-order valence-corrected chi connectivity index (χ1v) is 7.91. The van der Waals surface area contributed by atoms with Gasteiger partial charge in [0.2, 0.25) is 5.91 Å². The van der Waals surface area contributed by atoms with Crippen LogP contribution in [0.4, 0.5) is 5.69 Å². The third-order valence-electron chi connectivity index (χ3n) is 4.55. The lowest BCUT2D eigenvalue weighted by molar-refractivity contribution is -0.125. The van der Waals surface area contributed by atoms with E-state index in [1.807, 2.05) is 24.3 Å². The Labute approximate surface area is 126 Å². The molecule has 2 rings (SSSR count). The minimum atomic E-state index is -0.403. The highest BCUT2D eigenvalue weighted by molar-refractivity contribution is 5.95. The van der Waals surface area contributed by atoms with Crippen LogP contribution in [0.15, 0.2) is 24.3 Å². The van der Waals surface area contributed by atoms with Gasteiger partial charge in [-0.2, -0.15) is 0 Å². The van der Waals surface area contributed by atoms with Crippen molar-refractivity contribution in [1.82, 2.24) is 0 Å². The minimum absolute atomic E-state index is 0.0572. The van der Waals surface area contributed by atoms with E-state index in [0.717, 1.165) is 36.9 Å². The molecule has 1 fully saturated rings. The second-order valence-corrected chi connectivity index (χ2v) is 6.02. The van der Waals surface area contributed by atoms with Crippen LogP contribution in [-0.4, -0.2) is 24.2 Å². The van der Waals surface area contributed by atoms with E-state index < -0.39 is 5.41 Å². The standard InChI is InChI=1S/C17H26N2O2/c18-13-17(10-3-1-2-4-11-17)16(21)19-15-7-5-14(6-8-15)9-12-20/h5-8,20H,1-4,9-13,18H2,(H,19,21). The van der Waals surface area contributed by atoms with E-state index in [1.54, 1.807) is 0 Å². The number of benzene rings is 1. The van der Waals surface area contributed by atoms with E-state index in [4.69, 9.17) is 10.8 Å². The summed E-state index contributed by atoms with van der Waals surface area (Å²) in [5.74, 6) is 0.0572. The number of hydrogen-bond donors (Lipinski definition) is 3. The molecule has 0 aromatic heterocycles. The lowest BCUT2D eigenvalue weighted by Gasteiger charge is -2.29. The van der Waals surface area contributed by atoms with Crippen LogP contribution in [0.2, 0.25) is 0 Å². The van der Waals surface area contributed by atoms with Crippen molar-refractivity contribution >= 4 is 11.6 Å². The van der Waals surface area contributed by atoms with Crippen molar-refractivity contribution in [2.75, 3.05) is 18.5 Å². The highest BCUT2D eigenvalue weighted by Crippen LogP contribution is 2.35. The van der Waals surface area contributed by atoms with Gasteiger partial charge in [0.25, 0.3) is 0 Å². The summed E-state index contributed by atoms with van der Waals surface area (Å²) >= 11 is 0. The predicted molar refractivity (Wildman–Crippen MR) is 85.1 cm³/mol. The molecule has 1 aliphatic carbocycles. The molecule has 0 aliphatic heterocycles. The van der Waals surface area contributed by atoms with Gasteiger partial charge in [-0.15, -0.1) is 0 Å². The van der Waals surface area contributed by atoms with Crippen LogP contribution in [0.3, 0.4) is 0 Å². The van der Waals surface area contributed by atoms with Crippen LogP contribution in [0.5, 0.6) is 0 Å². The van der Waals surface area contributed by atoms with Gasteiger partial charge in [-0.25, -0.2) is 0 Å². The monoisotopic (exact) mass is 290 g/mol. The number of aliphatic hydroxyl groups excluding tert-OH is 1. The van der Waals surface area contributed by atoms with Gasteiger partial charge in [-0.1, -0.05) is 37.8 Å². The molecule has 1 saturated carbocycles. The van der Waals surface area contributed by atoms with Crippen LogP contribution >= 0.6 is 0 Å². The normalized spacial score (nSPS) is 18.0. The van der Waals surface area contributed by atoms with Crippen LogP contribution in [0.25, 0.3) is 0 Å². The molecule has 116 valence electrons. The molecule has 0 radical (unpaired) electrons. The Hall–Kier alpha value is -1.39. The number of hydrogen-bond acceptors (Lipinski definition) is 3. The molecule has 1 amide bonds. The molecular formula is C17H26N2O2. The van der Waals surface area contributed by atoms with Gasteiger partial charge >= 0.3 is 0 Å². The Morgan fingerprint density at radius 1 is 1.14 bits per heavy atom. The minimum Gasteiger partial charge on any atom is -0.396 e. The van der Waals surface area contributed by atoms with Gasteiger partial charge in [0.15, 0.2) is 0 Å². The molecular weight excluding hydrogens is 264 g/mol. The van der Waals surface area contributed by atoms with Crippen molar-refractivity contribution in [1.29, 1.82) is 0 Å². The zero-order valence-corrected chi connectivity index (χ0v) is 12.6. The number of nitrogens with one attached hydrogen (secondary N) is 1. The third-order valence-corrected chi connectivity index (χ3v) is 4.55. The largest absolute Gasteiger partial charge is 0.396 e. The molecule has 0 saturated heterocycles. The Morgan fingerprint density at radius 3 is 2.29 bits per heavy atom. The molecule has 4 N–H and O–H groups in total. The van der Waals surface area contributed by atoms with E-state index in [2.05, 4.69) is 5.32 Å². The van der Waals surface area contributed by atoms with Gasteiger partial charge in [-0.05, 0) is 37.0 Å². The van der Waals surface area contributed by atoms with Gasteiger partial charge in [-0.3, -0.25) is 4.79 Å². The molecule has 21 heavy (non-hydrogen) atoms. The van der Waals surface area contributed by atoms with E-state index in [1.165, 1.54) is 12.8 Å². The van der Waals surface area contributed by atoms with E-state index in [-0.39, 0.29) is 12.5 Å². The maximum Gasteiger partial charge on any atom is 0.231 e. The van der Waals surface area contributed by atoms with Crippen molar-refractivity contribution < 1.29 is 9.90 Å². The Bertz CT molecular complexity index is 448. The summed E-state index contributed by atoms with van der Waals surface area (Å²) < 4.78 is 0. The Kier molecular flexibility index (Phi) is 5.76. The summed E-state index contributed by atoms with van der Waals surface area (Å²) in [6.45, 7) is 0.559. The van der Waals surface area contributed by atoms with Crippen LogP contribution in [-0.2, 0) is 11.2 Å². The average Bonchev–Trinajstić information content (AvgIpc) is 2.76. The third kappa shape index (κ3) is 4.05. The Morgan fingerprint density at radius 2 is 1.76 bits per heavy atom. The molecule has 0 unspecified atom stereocenters. The zero-order valence-electron chi connectivity index (χ0n) is 12.6. The fourth-order valence-corrected chi connectivity index (χ4v) is 3.08. The van der Waals surface area contributed by atoms with Crippen LogP contribution < -0.4 is 11.1 Å². The summed E-state index contributed by atoms with van der Waals surface area (Å²) in [7, 11) is 0. The molecule has 0 heterocycles. The second-order valence-electron chi connectivity index (χ2n) is 6.02. The van der Waals surface area contributed by atoms with E-state index in [0.29, 0.717) is 13.0 Å². The predicted octanol–water partition coefficient (Wildman–Crippen LogP) is 2.46. The summed E-state index contributed by atoms with van der Waals surface area (Å²) in [5.41, 5.74) is 7.41. The molecule has 1 aromatic rings. The fraction of sp³-hybridized carbons (Fsp3) is 0.588. The quantitative estimate of drug-likeness (QED) is 0.729. The zero-order chi connectivity index (χ0) is 15.1. The maximum absolute atomic E-state index is 12.7. The van der Waals surface area contributed by atoms with E-state index in [9.17, 15) is 4.79 Å². The van der Waals surface area contributed by atoms with Gasteiger partial charge in [0.1, 0.15) is 0 Å². The number of carbonyl (C=O) groups excluding carboxylic acids is 1. The topological polar surface area (TPSA) is 75.4 Å². The summed E-state index contributed by atoms with van der Waals surface area (Å²) in [4.78, 5) is 12.7. The summed E-state index contributed by atoms with van der Waals surface area (Å²) in [5, 5.41) is 11.9. The number of rotatable bonds is 5. The van der Waals surface area contributed by atoms with Crippen LogP contribution in [0, 0.1) is 5.41 Å². The molecule has 0 spiro atoms. The van der Waals surface area contributed by atoms with Crippen molar-refractivity contribution in [2.45, 2.75) is 44.9 Å². The van der Waals surface area contributed by atoms with Crippen molar-refractivity contribution in [3.8, 4) is 0 Å². The number of carbonyl (C=O) groups is 1. The summed E-state index contributed by atoms with van der Waals surface area (Å²) in [6.07, 6.45) is 6.98. The lowest BCUT2D eigenvalue weighted by atomic mass is 9.79. The molecule has 1 aliphatic rings. The number of nitrogens with two attached hydrogens (primary N) is 1. The molecule has 4 nitrogen and oxygen atoms in total. The van der Waals surface area contributed by atoms with E-state index >= 15 is 0 Å². The van der Waals surface area contributed by atoms with Gasteiger partial charge in [0.05, 0.1) is 5.41 Å². The van der Waals surface area contributed by atoms with Crippen molar-refractivity contribution in [3.63, 3.8) is 0 Å². The van der Waals surface area contributed by atoms with Gasteiger partial charge in [0, 0.05) is 18.8 Å².